The Labute approximate surface area is 187 Å². The van der Waals surface area contributed by atoms with Gasteiger partial charge in [-0.15, -0.1) is 0 Å². The molecule has 1 aliphatic rings. The molecule has 1 saturated heterocycles. The number of benzene rings is 2. The summed E-state index contributed by atoms with van der Waals surface area (Å²) in [5, 5.41) is 13.4. The minimum absolute atomic E-state index is 0.0320. The highest BCUT2D eigenvalue weighted by Crippen LogP contribution is 2.27. The monoisotopic (exact) mass is 447 g/mol. The molecule has 3 aromatic rings. The zero-order chi connectivity index (χ0) is 22.8. The van der Waals surface area contributed by atoms with Gasteiger partial charge in [-0.05, 0) is 60.3 Å². The molecule has 0 atom stereocenters. The fourth-order valence-electron chi connectivity index (χ4n) is 3.12. The molecule has 9 heteroatoms. The van der Waals surface area contributed by atoms with Gasteiger partial charge in [0.1, 0.15) is 22.8 Å². The molecule has 2 heterocycles. The summed E-state index contributed by atoms with van der Waals surface area (Å²) in [7, 11) is 1.53. The van der Waals surface area contributed by atoms with Crippen LogP contribution in [0.1, 0.15) is 16.1 Å². The number of furan rings is 1. The maximum absolute atomic E-state index is 13.1. The number of carbonyl (C=O) groups is 3. The Morgan fingerprint density at radius 1 is 1.06 bits per heavy atom. The van der Waals surface area contributed by atoms with E-state index in [1.165, 1.54) is 30.2 Å². The molecule has 160 valence electrons. The Hall–Kier alpha value is -4.24. The third-order valence-electron chi connectivity index (χ3n) is 4.75. The first-order valence-corrected chi connectivity index (χ1v) is 9.75. The lowest BCUT2D eigenvalue weighted by molar-refractivity contribution is -0.255. The van der Waals surface area contributed by atoms with Gasteiger partial charge in [-0.25, -0.2) is 0 Å². The fourth-order valence-corrected chi connectivity index (χ4v) is 3.40. The van der Waals surface area contributed by atoms with Crippen molar-refractivity contribution in [2.75, 3.05) is 12.0 Å². The normalized spacial score (nSPS) is 15.1. The minimum atomic E-state index is -1.28. The number of nitrogens with one attached hydrogen (secondary N) is 1. The Kier molecular flexibility index (Phi) is 5.57. The van der Waals surface area contributed by atoms with E-state index in [-0.39, 0.29) is 22.0 Å². The molecule has 2 amide bonds. The SMILES string of the molecule is COc1ccc(N2C(=O)/C(=C/c3ccc(-c4ccc(C(=O)[O-])cc4)o3)C(=O)NC2=S)cc1. The van der Waals surface area contributed by atoms with Gasteiger partial charge in [-0.3, -0.25) is 19.8 Å². The molecule has 1 aromatic heterocycles. The summed E-state index contributed by atoms with van der Waals surface area (Å²) in [5.41, 5.74) is 0.990. The molecular formula is C23H15N2O6S-. The smallest absolute Gasteiger partial charge is 0.270 e. The highest BCUT2D eigenvalue weighted by atomic mass is 32.1. The van der Waals surface area contributed by atoms with Crippen LogP contribution in [0.2, 0.25) is 0 Å². The van der Waals surface area contributed by atoms with E-state index in [1.807, 2.05) is 0 Å². The van der Waals surface area contributed by atoms with E-state index in [0.717, 1.165) is 0 Å². The molecule has 8 nitrogen and oxygen atoms in total. The first kappa shape index (κ1) is 21.0. The van der Waals surface area contributed by atoms with E-state index in [1.54, 1.807) is 48.5 Å². The predicted octanol–water partition coefficient (Wildman–Crippen LogP) is 2.15. The molecule has 1 fully saturated rings. The maximum Gasteiger partial charge on any atom is 0.270 e. The summed E-state index contributed by atoms with van der Waals surface area (Å²) in [4.78, 5) is 37.6. The summed E-state index contributed by atoms with van der Waals surface area (Å²) in [6, 6.07) is 15.8. The summed E-state index contributed by atoms with van der Waals surface area (Å²) >= 11 is 5.18. The molecule has 0 aliphatic carbocycles. The van der Waals surface area contributed by atoms with Crippen molar-refractivity contribution in [1.29, 1.82) is 0 Å². The highest BCUT2D eigenvalue weighted by molar-refractivity contribution is 7.80. The molecule has 0 unspecified atom stereocenters. The molecule has 0 bridgehead atoms. The molecule has 0 saturated carbocycles. The molecule has 32 heavy (non-hydrogen) atoms. The molecular weight excluding hydrogens is 432 g/mol. The number of thiocarbonyl (C=S) groups is 1. The van der Waals surface area contributed by atoms with Crippen LogP contribution in [0.15, 0.2) is 70.7 Å². The van der Waals surface area contributed by atoms with E-state index in [4.69, 9.17) is 21.4 Å². The predicted molar refractivity (Wildman–Crippen MR) is 118 cm³/mol. The maximum atomic E-state index is 13.1. The Morgan fingerprint density at radius 2 is 1.75 bits per heavy atom. The van der Waals surface area contributed by atoms with Crippen LogP contribution in [0.5, 0.6) is 5.75 Å². The first-order chi connectivity index (χ1) is 15.4. The number of hydrogen-bond donors (Lipinski definition) is 1. The lowest BCUT2D eigenvalue weighted by atomic mass is 10.1. The lowest BCUT2D eigenvalue weighted by Gasteiger charge is -2.28. The number of aromatic carboxylic acids is 1. The summed E-state index contributed by atoms with van der Waals surface area (Å²) in [5.74, 6) is -1.19. The second-order valence-electron chi connectivity index (χ2n) is 6.72. The van der Waals surface area contributed by atoms with Crippen molar-refractivity contribution in [3.63, 3.8) is 0 Å². The van der Waals surface area contributed by atoms with Crippen molar-refractivity contribution >= 4 is 46.9 Å². The number of methoxy groups -OCH3 is 1. The van der Waals surface area contributed by atoms with Crippen molar-refractivity contribution in [2.45, 2.75) is 0 Å². The Bertz CT molecular complexity index is 1260. The number of rotatable bonds is 5. The third-order valence-corrected chi connectivity index (χ3v) is 5.04. The number of ether oxygens (including phenoxy) is 1. The fraction of sp³-hybridized carbons (Fsp3) is 0.0435. The van der Waals surface area contributed by atoms with Crippen LogP contribution in [-0.4, -0.2) is 30.0 Å². The number of carboxylic acid groups (broad SMARTS) is 1. The third kappa shape index (κ3) is 4.01. The Balaban J connectivity index is 1.62. The minimum Gasteiger partial charge on any atom is -0.545 e. The second kappa shape index (κ2) is 8.48. The molecule has 0 spiro atoms. The van der Waals surface area contributed by atoms with Crippen LogP contribution >= 0.6 is 12.2 Å². The van der Waals surface area contributed by atoms with Crippen molar-refractivity contribution < 1.29 is 28.6 Å². The van der Waals surface area contributed by atoms with Crippen LogP contribution in [0.4, 0.5) is 5.69 Å². The van der Waals surface area contributed by atoms with Crippen LogP contribution in [0.25, 0.3) is 17.4 Å². The number of anilines is 1. The van der Waals surface area contributed by atoms with Crippen LogP contribution in [-0.2, 0) is 9.59 Å². The van der Waals surface area contributed by atoms with Crippen LogP contribution in [0.3, 0.4) is 0 Å². The summed E-state index contributed by atoms with van der Waals surface area (Å²) in [6.45, 7) is 0. The van der Waals surface area contributed by atoms with Gasteiger partial charge in [0.2, 0.25) is 0 Å². The van der Waals surface area contributed by atoms with E-state index in [9.17, 15) is 19.5 Å². The van der Waals surface area contributed by atoms with E-state index >= 15 is 0 Å². The van der Waals surface area contributed by atoms with Gasteiger partial charge in [-0.1, -0.05) is 24.3 Å². The summed E-state index contributed by atoms with van der Waals surface area (Å²) in [6.07, 6.45) is 1.33. The zero-order valence-corrected chi connectivity index (χ0v) is 17.5. The average Bonchev–Trinajstić information content (AvgIpc) is 3.26. The van der Waals surface area contributed by atoms with Crippen LogP contribution in [0, 0.1) is 0 Å². The average molecular weight is 447 g/mol. The standard InChI is InChI=1S/C23H16N2O6S/c1-30-16-8-6-15(7-9-16)25-21(27)18(20(26)24-23(25)32)12-17-10-11-19(31-17)13-2-4-14(5-3-13)22(28)29/h2-12H,1H3,(H,28,29)(H,24,26,32)/p-1/b18-12+. The highest BCUT2D eigenvalue weighted by Gasteiger charge is 2.34. The topological polar surface area (TPSA) is 112 Å². The lowest BCUT2D eigenvalue weighted by Crippen LogP contribution is -2.54. The van der Waals surface area contributed by atoms with Gasteiger partial charge in [0, 0.05) is 5.56 Å². The van der Waals surface area contributed by atoms with Gasteiger partial charge >= 0.3 is 0 Å². The number of carboxylic acids is 1. The molecule has 2 aromatic carbocycles. The number of amides is 2. The Morgan fingerprint density at radius 3 is 2.38 bits per heavy atom. The van der Waals surface area contributed by atoms with E-state index < -0.39 is 17.8 Å². The molecule has 1 aliphatic heterocycles. The van der Waals surface area contributed by atoms with Crippen molar-refractivity contribution in [3.05, 3.63) is 77.6 Å². The van der Waals surface area contributed by atoms with Gasteiger partial charge in [0.15, 0.2) is 5.11 Å². The molecule has 4 rings (SSSR count). The largest absolute Gasteiger partial charge is 0.545 e. The zero-order valence-electron chi connectivity index (χ0n) is 16.7. The van der Waals surface area contributed by atoms with Gasteiger partial charge < -0.3 is 19.1 Å². The molecule has 1 N–H and O–H groups in total. The van der Waals surface area contributed by atoms with E-state index in [2.05, 4.69) is 5.32 Å². The van der Waals surface area contributed by atoms with Crippen LogP contribution < -0.4 is 20.1 Å². The van der Waals surface area contributed by atoms with Crippen molar-refractivity contribution in [2.24, 2.45) is 0 Å². The van der Waals surface area contributed by atoms with Gasteiger partial charge in [0.05, 0.1) is 18.8 Å². The number of nitrogens with zero attached hydrogens (tertiary/aromatic N) is 1. The quantitative estimate of drug-likeness (QED) is 0.362. The van der Waals surface area contributed by atoms with Gasteiger partial charge in [-0.2, -0.15) is 0 Å². The first-order valence-electron chi connectivity index (χ1n) is 9.34. The van der Waals surface area contributed by atoms with Gasteiger partial charge in [0.25, 0.3) is 11.8 Å². The molecule has 0 radical (unpaired) electrons. The van der Waals surface area contributed by atoms with Crippen molar-refractivity contribution in [3.8, 4) is 17.1 Å². The van der Waals surface area contributed by atoms with Crippen molar-refractivity contribution in [1.82, 2.24) is 5.32 Å². The number of carbonyl (C=O) groups excluding carboxylic acids is 3. The number of hydrogen-bond acceptors (Lipinski definition) is 7. The summed E-state index contributed by atoms with van der Waals surface area (Å²) < 4.78 is 10.9. The van der Waals surface area contributed by atoms with E-state index in [0.29, 0.717) is 22.8 Å². The second-order valence-corrected chi connectivity index (χ2v) is 7.11.